The van der Waals surface area contributed by atoms with Crippen molar-refractivity contribution in [2.24, 2.45) is 0 Å². The molecule has 1 aromatic rings. The first-order valence-corrected chi connectivity index (χ1v) is 5.21. The summed E-state index contributed by atoms with van der Waals surface area (Å²) in [5.74, 6) is 0.343. The molecule has 0 saturated carbocycles. The van der Waals surface area contributed by atoms with Gasteiger partial charge < -0.3 is 0 Å². The third kappa shape index (κ3) is 6.67. The van der Waals surface area contributed by atoms with Crippen LogP contribution in [0.2, 0.25) is 5.02 Å². The Morgan fingerprint density at radius 1 is 1.29 bits per heavy atom. The number of carbonyl (C=O) groups excluding carboxylic acids is 1. The van der Waals surface area contributed by atoms with E-state index < -0.39 is 0 Å². The predicted molar refractivity (Wildman–Crippen MR) is 61.8 cm³/mol. The van der Waals surface area contributed by atoms with Crippen molar-refractivity contribution in [3.8, 4) is 0 Å². The van der Waals surface area contributed by atoms with Crippen molar-refractivity contribution < 1.29 is 4.79 Å². The van der Waals surface area contributed by atoms with Gasteiger partial charge in [0.15, 0.2) is 0 Å². The van der Waals surface area contributed by atoms with E-state index in [1.54, 1.807) is 0 Å². The van der Waals surface area contributed by atoms with Crippen LogP contribution in [0.1, 0.15) is 32.3 Å². The molecule has 0 bridgehead atoms. The molecule has 0 aliphatic heterocycles. The Balaban J connectivity index is 0.000000255. The van der Waals surface area contributed by atoms with Crippen LogP contribution in [0.15, 0.2) is 24.3 Å². The molecular weight excluding hydrogens is 196 g/mol. The Bertz CT molecular complexity index is 258. The fourth-order valence-electron chi connectivity index (χ4n) is 0.856. The third-order valence-corrected chi connectivity index (χ3v) is 2.00. The SMILES string of the molecule is CCC(=O)CC.Cc1cccc(Cl)c1. The molecule has 2 heteroatoms. The summed E-state index contributed by atoms with van der Waals surface area (Å²) in [5, 5.41) is 0.810. The Morgan fingerprint density at radius 2 is 1.86 bits per heavy atom. The van der Waals surface area contributed by atoms with Crippen LogP contribution >= 0.6 is 11.6 Å². The molecule has 1 rings (SSSR count). The normalized spacial score (nSPS) is 8.86. The highest BCUT2D eigenvalue weighted by atomic mass is 35.5. The molecule has 0 amide bonds. The van der Waals surface area contributed by atoms with Gasteiger partial charge in [0, 0.05) is 17.9 Å². The van der Waals surface area contributed by atoms with E-state index in [0.29, 0.717) is 18.6 Å². The number of benzene rings is 1. The molecule has 0 spiro atoms. The van der Waals surface area contributed by atoms with Gasteiger partial charge in [-0.3, -0.25) is 4.79 Å². The minimum absolute atomic E-state index is 0.343. The Morgan fingerprint density at radius 3 is 2.07 bits per heavy atom. The molecule has 0 N–H and O–H groups in total. The van der Waals surface area contributed by atoms with Gasteiger partial charge in [-0.1, -0.05) is 37.6 Å². The average Bonchev–Trinajstić information content (AvgIpc) is 2.17. The van der Waals surface area contributed by atoms with Crippen LogP contribution < -0.4 is 0 Å². The molecule has 0 aliphatic rings. The second-order valence-electron chi connectivity index (χ2n) is 3.04. The number of aryl methyl sites for hydroxylation is 1. The lowest BCUT2D eigenvalue weighted by Crippen LogP contribution is -1.88. The summed E-state index contributed by atoms with van der Waals surface area (Å²) >= 11 is 5.64. The highest BCUT2D eigenvalue weighted by molar-refractivity contribution is 6.30. The largest absolute Gasteiger partial charge is 0.300 e. The molecule has 0 heterocycles. The number of Topliss-reactive ketones (excluding diaryl/α,β-unsaturated/α-hetero) is 1. The second-order valence-corrected chi connectivity index (χ2v) is 3.48. The molecule has 14 heavy (non-hydrogen) atoms. The highest BCUT2D eigenvalue weighted by Crippen LogP contribution is 2.08. The Hall–Kier alpha value is -0.820. The van der Waals surface area contributed by atoms with Gasteiger partial charge in [-0.25, -0.2) is 0 Å². The topological polar surface area (TPSA) is 17.1 Å². The smallest absolute Gasteiger partial charge is 0.132 e. The predicted octanol–water partition coefficient (Wildman–Crippen LogP) is 4.02. The number of rotatable bonds is 2. The van der Waals surface area contributed by atoms with Crippen LogP contribution in [0.5, 0.6) is 0 Å². The number of hydrogen-bond donors (Lipinski definition) is 0. The maximum atomic E-state index is 10.2. The van der Waals surface area contributed by atoms with Gasteiger partial charge >= 0.3 is 0 Å². The van der Waals surface area contributed by atoms with E-state index in [2.05, 4.69) is 0 Å². The zero-order chi connectivity index (χ0) is 11.0. The number of carbonyl (C=O) groups is 1. The van der Waals surface area contributed by atoms with Crippen LogP contribution in [-0.4, -0.2) is 5.78 Å². The van der Waals surface area contributed by atoms with Gasteiger partial charge in [-0.2, -0.15) is 0 Å². The van der Waals surface area contributed by atoms with Gasteiger partial charge in [-0.05, 0) is 24.6 Å². The Labute approximate surface area is 91.1 Å². The zero-order valence-electron chi connectivity index (χ0n) is 9.01. The van der Waals surface area contributed by atoms with Gasteiger partial charge in [0.05, 0.1) is 0 Å². The van der Waals surface area contributed by atoms with Crippen molar-refractivity contribution in [1.82, 2.24) is 0 Å². The van der Waals surface area contributed by atoms with Crippen molar-refractivity contribution in [3.05, 3.63) is 34.9 Å². The fourth-order valence-corrected chi connectivity index (χ4v) is 1.10. The standard InChI is InChI=1S/C7H7Cl.C5H10O/c1-6-3-2-4-7(8)5-6;1-3-5(6)4-2/h2-5H,1H3;3-4H2,1-2H3. The van der Waals surface area contributed by atoms with E-state index in [-0.39, 0.29) is 0 Å². The Kier molecular flexibility index (Phi) is 7.13. The van der Waals surface area contributed by atoms with E-state index in [9.17, 15) is 4.79 Å². The first-order chi connectivity index (χ1) is 6.60. The zero-order valence-corrected chi connectivity index (χ0v) is 9.77. The van der Waals surface area contributed by atoms with Gasteiger partial charge in [0.1, 0.15) is 5.78 Å². The van der Waals surface area contributed by atoms with E-state index >= 15 is 0 Å². The molecule has 0 unspecified atom stereocenters. The van der Waals surface area contributed by atoms with Gasteiger partial charge in [0.25, 0.3) is 0 Å². The van der Waals surface area contributed by atoms with Crippen LogP contribution in [0.25, 0.3) is 0 Å². The molecule has 0 aromatic heterocycles. The summed E-state index contributed by atoms with van der Waals surface area (Å²) in [7, 11) is 0. The molecule has 0 atom stereocenters. The van der Waals surface area contributed by atoms with Crippen LogP contribution in [0.3, 0.4) is 0 Å². The third-order valence-electron chi connectivity index (χ3n) is 1.77. The summed E-state index contributed by atoms with van der Waals surface area (Å²) in [4.78, 5) is 10.2. The molecular formula is C12H17ClO. The summed E-state index contributed by atoms with van der Waals surface area (Å²) in [6, 6.07) is 7.76. The minimum atomic E-state index is 0.343. The van der Waals surface area contributed by atoms with Crippen molar-refractivity contribution in [1.29, 1.82) is 0 Å². The highest BCUT2D eigenvalue weighted by Gasteiger charge is 1.86. The van der Waals surface area contributed by atoms with E-state index in [0.717, 1.165) is 5.02 Å². The fraction of sp³-hybridized carbons (Fsp3) is 0.417. The maximum Gasteiger partial charge on any atom is 0.132 e. The lowest BCUT2D eigenvalue weighted by molar-refractivity contribution is -0.118. The summed E-state index contributed by atoms with van der Waals surface area (Å²) in [6.07, 6.45) is 1.38. The lowest BCUT2D eigenvalue weighted by atomic mass is 10.2. The number of hydrogen-bond acceptors (Lipinski definition) is 1. The summed E-state index contributed by atoms with van der Waals surface area (Å²) < 4.78 is 0. The molecule has 0 fully saturated rings. The van der Waals surface area contributed by atoms with E-state index in [1.165, 1.54) is 5.56 Å². The number of ketones is 1. The van der Waals surface area contributed by atoms with Crippen LogP contribution in [-0.2, 0) is 4.79 Å². The van der Waals surface area contributed by atoms with E-state index in [1.807, 2.05) is 45.0 Å². The molecule has 78 valence electrons. The van der Waals surface area contributed by atoms with Gasteiger partial charge in [0.2, 0.25) is 0 Å². The molecule has 1 nitrogen and oxygen atoms in total. The molecule has 0 radical (unpaired) electrons. The van der Waals surface area contributed by atoms with Crippen molar-refractivity contribution >= 4 is 17.4 Å². The molecule has 1 aromatic carbocycles. The maximum absolute atomic E-state index is 10.2. The minimum Gasteiger partial charge on any atom is -0.300 e. The van der Waals surface area contributed by atoms with E-state index in [4.69, 9.17) is 11.6 Å². The first kappa shape index (κ1) is 13.2. The van der Waals surface area contributed by atoms with Gasteiger partial charge in [-0.15, -0.1) is 0 Å². The van der Waals surface area contributed by atoms with Crippen molar-refractivity contribution in [2.45, 2.75) is 33.6 Å². The summed E-state index contributed by atoms with van der Waals surface area (Å²) in [6.45, 7) is 5.78. The average molecular weight is 213 g/mol. The van der Waals surface area contributed by atoms with Crippen molar-refractivity contribution in [2.75, 3.05) is 0 Å². The summed E-state index contributed by atoms with van der Waals surface area (Å²) in [5.41, 5.74) is 1.21. The van der Waals surface area contributed by atoms with Crippen molar-refractivity contribution in [3.63, 3.8) is 0 Å². The van der Waals surface area contributed by atoms with Crippen LogP contribution in [0, 0.1) is 6.92 Å². The molecule has 0 aliphatic carbocycles. The lowest BCUT2D eigenvalue weighted by Gasteiger charge is -1.88. The second kappa shape index (κ2) is 7.57. The quantitative estimate of drug-likeness (QED) is 0.724. The van der Waals surface area contributed by atoms with Crippen LogP contribution in [0.4, 0.5) is 0 Å². The first-order valence-electron chi connectivity index (χ1n) is 4.84. The molecule has 0 saturated heterocycles. The number of halogens is 1. The monoisotopic (exact) mass is 212 g/mol.